The van der Waals surface area contributed by atoms with Crippen LogP contribution >= 0.6 is 0 Å². The molecular formula is C28H18N6. The highest BCUT2D eigenvalue weighted by molar-refractivity contribution is 6.14. The lowest BCUT2D eigenvalue weighted by Crippen LogP contribution is -1.89. The molecule has 1 aromatic heterocycles. The van der Waals surface area contributed by atoms with Crippen LogP contribution in [0.4, 0.5) is 0 Å². The lowest BCUT2D eigenvalue weighted by molar-refractivity contribution is 1.29. The zero-order valence-corrected chi connectivity index (χ0v) is 18.1. The number of aliphatic imine (C=N–C) groups is 4. The fraction of sp³-hybridized carbons (Fsp3) is 0. The Labute approximate surface area is 196 Å². The topological polar surface area (TPSA) is 75.2 Å². The van der Waals surface area contributed by atoms with Crippen molar-refractivity contribution >= 4 is 33.9 Å². The summed E-state index contributed by atoms with van der Waals surface area (Å²) in [5, 5.41) is 0. The number of nitrogens with zero attached hydrogens (tertiary/aromatic N) is 6. The third-order valence-corrected chi connectivity index (χ3v) is 5.29. The minimum atomic E-state index is 0.894. The molecule has 1 aromatic carbocycles. The van der Waals surface area contributed by atoms with Crippen molar-refractivity contribution in [3.8, 4) is 0 Å². The standard InChI is InChI=1S/C20H12N4.C8H6N2/c1-2-14-10-16-5-6-18(23-16)12-20-8-7-19(24-20)11-17-4-3-15(22-17)9-13(1)21-14;1-2-4-8-7(3-1)9-5-6-10-8/h1-12H;1-6H. The predicted octanol–water partition coefficient (Wildman–Crippen LogP) is 5.21. The molecule has 0 saturated carbocycles. The summed E-state index contributed by atoms with van der Waals surface area (Å²) < 4.78 is 0. The molecule has 0 N–H and O–H groups in total. The van der Waals surface area contributed by atoms with Crippen LogP contribution in [0.5, 0.6) is 0 Å². The first-order valence-corrected chi connectivity index (χ1v) is 10.9. The summed E-state index contributed by atoms with van der Waals surface area (Å²) in [6.07, 6.45) is 27.2. The second-order valence-corrected chi connectivity index (χ2v) is 7.80. The number of hydrogen-bond acceptors (Lipinski definition) is 6. The highest BCUT2D eigenvalue weighted by Crippen LogP contribution is 2.20. The Morgan fingerprint density at radius 1 is 0.382 bits per heavy atom. The minimum absolute atomic E-state index is 0.894. The number of para-hydroxylation sites is 2. The summed E-state index contributed by atoms with van der Waals surface area (Å²) in [4.78, 5) is 26.6. The summed E-state index contributed by atoms with van der Waals surface area (Å²) in [7, 11) is 0. The lowest BCUT2D eigenvalue weighted by Gasteiger charge is -1.94. The fourth-order valence-electron chi connectivity index (χ4n) is 3.74. The Kier molecular flexibility index (Phi) is 5.01. The third-order valence-electron chi connectivity index (χ3n) is 5.29. The van der Waals surface area contributed by atoms with Crippen LogP contribution in [-0.2, 0) is 0 Å². The maximum Gasteiger partial charge on any atom is 0.0886 e. The first kappa shape index (κ1) is 19.8. The zero-order chi connectivity index (χ0) is 22.7. The number of allylic oxidation sites excluding steroid dienone is 12. The molecule has 5 aliphatic heterocycles. The third kappa shape index (κ3) is 4.38. The molecule has 6 heterocycles. The van der Waals surface area contributed by atoms with Gasteiger partial charge < -0.3 is 0 Å². The summed E-state index contributed by atoms with van der Waals surface area (Å²) in [5.74, 6) is 0. The highest BCUT2D eigenvalue weighted by Gasteiger charge is 2.11. The molecule has 0 atom stereocenters. The lowest BCUT2D eigenvalue weighted by atomic mass is 10.2. The van der Waals surface area contributed by atoms with Crippen LogP contribution in [-0.4, -0.2) is 32.8 Å². The summed E-state index contributed by atoms with van der Waals surface area (Å²) >= 11 is 0. The quantitative estimate of drug-likeness (QED) is 0.566. The fourth-order valence-corrected chi connectivity index (χ4v) is 3.74. The van der Waals surface area contributed by atoms with Gasteiger partial charge >= 0.3 is 0 Å². The van der Waals surface area contributed by atoms with Crippen molar-refractivity contribution in [1.29, 1.82) is 0 Å². The van der Waals surface area contributed by atoms with Crippen LogP contribution in [0.2, 0.25) is 0 Å². The van der Waals surface area contributed by atoms with Crippen molar-refractivity contribution in [2.45, 2.75) is 0 Å². The van der Waals surface area contributed by atoms with E-state index in [9.17, 15) is 0 Å². The van der Waals surface area contributed by atoms with E-state index in [1.54, 1.807) is 12.4 Å². The van der Waals surface area contributed by atoms with E-state index in [2.05, 4.69) is 29.9 Å². The second-order valence-electron chi connectivity index (χ2n) is 7.80. The first-order chi connectivity index (χ1) is 16.8. The van der Waals surface area contributed by atoms with Gasteiger partial charge in [0.15, 0.2) is 0 Å². The van der Waals surface area contributed by atoms with Gasteiger partial charge in [-0.05, 0) is 85.0 Å². The van der Waals surface area contributed by atoms with E-state index < -0.39 is 0 Å². The molecule has 5 aliphatic rings. The molecule has 6 heteroatoms. The van der Waals surface area contributed by atoms with Crippen LogP contribution in [0.15, 0.2) is 152 Å². The summed E-state index contributed by atoms with van der Waals surface area (Å²) in [6.45, 7) is 0. The van der Waals surface area contributed by atoms with Crippen LogP contribution in [0.1, 0.15) is 0 Å². The number of benzene rings is 1. The largest absolute Gasteiger partial charge is 0.253 e. The van der Waals surface area contributed by atoms with Crippen molar-refractivity contribution in [2.24, 2.45) is 20.0 Å². The van der Waals surface area contributed by atoms with Gasteiger partial charge in [-0.25, -0.2) is 20.0 Å². The normalized spacial score (nSPS) is 18.9. The Hall–Kier alpha value is -4.84. The molecule has 0 aliphatic carbocycles. The maximum absolute atomic E-state index is 4.59. The molecule has 7 rings (SSSR count). The molecule has 0 unspecified atom stereocenters. The molecule has 0 spiro atoms. The van der Waals surface area contributed by atoms with E-state index in [-0.39, 0.29) is 0 Å². The molecule has 0 saturated heterocycles. The summed E-state index contributed by atoms with van der Waals surface area (Å²) in [5.41, 5.74) is 9.05. The van der Waals surface area contributed by atoms with Gasteiger partial charge in [0.25, 0.3) is 0 Å². The molecule has 160 valence electrons. The monoisotopic (exact) mass is 438 g/mol. The SMILES string of the molecule is C1=CC2=NC1=CC1=NC(=CC3=NC(=CC4=NC(=C2)C=C4)C=C3)C=C1.c1ccc2nccnc2c1. The van der Waals surface area contributed by atoms with Gasteiger partial charge in [-0.15, -0.1) is 0 Å². The predicted molar refractivity (Wildman–Crippen MR) is 138 cm³/mol. The molecule has 0 fully saturated rings. The van der Waals surface area contributed by atoms with E-state index in [4.69, 9.17) is 0 Å². The first-order valence-electron chi connectivity index (χ1n) is 10.9. The Bertz CT molecular complexity index is 1330. The average Bonchev–Trinajstić information content (AvgIpc) is 3.66. The molecule has 2 aromatic rings. The van der Waals surface area contributed by atoms with E-state index in [1.807, 2.05) is 97.2 Å². The van der Waals surface area contributed by atoms with Crippen LogP contribution in [0.25, 0.3) is 11.0 Å². The number of hydrogen-bond donors (Lipinski definition) is 0. The van der Waals surface area contributed by atoms with Crippen molar-refractivity contribution in [3.05, 3.63) is 132 Å². The maximum atomic E-state index is 4.59. The second kappa shape index (κ2) is 8.60. The Morgan fingerprint density at radius 3 is 1.03 bits per heavy atom. The average molecular weight is 438 g/mol. The van der Waals surface area contributed by atoms with Crippen LogP contribution in [0, 0.1) is 0 Å². The smallest absolute Gasteiger partial charge is 0.0886 e. The van der Waals surface area contributed by atoms with Crippen LogP contribution in [0.3, 0.4) is 0 Å². The number of rotatable bonds is 0. The molecular weight excluding hydrogens is 420 g/mol. The van der Waals surface area contributed by atoms with Gasteiger partial charge in [0.2, 0.25) is 0 Å². The van der Waals surface area contributed by atoms with Crippen molar-refractivity contribution < 1.29 is 0 Å². The minimum Gasteiger partial charge on any atom is -0.253 e. The van der Waals surface area contributed by atoms with E-state index in [0.717, 1.165) is 56.7 Å². The van der Waals surface area contributed by atoms with Gasteiger partial charge in [0.05, 0.1) is 56.7 Å². The van der Waals surface area contributed by atoms with E-state index in [0.29, 0.717) is 0 Å². The number of aromatic nitrogens is 2. The number of fused-ring (bicyclic) bond motifs is 5. The van der Waals surface area contributed by atoms with Gasteiger partial charge in [-0.3, -0.25) is 9.97 Å². The van der Waals surface area contributed by atoms with Gasteiger partial charge in [-0.2, -0.15) is 0 Å². The molecule has 8 bridgehead atoms. The molecule has 34 heavy (non-hydrogen) atoms. The molecule has 0 radical (unpaired) electrons. The van der Waals surface area contributed by atoms with E-state index in [1.165, 1.54) is 0 Å². The molecule has 0 amide bonds. The Balaban J connectivity index is 0.000000182. The van der Waals surface area contributed by atoms with Crippen LogP contribution < -0.4 is 0 Å². The Morgan fingerprint density at radius 2 is 0.706 bits per heavy atom. The van der Waals surface area contributed by atoms with Crippen molar-refractivity contribution in [3.63, 3.8) is 0 Å². The highest BCUT2D eigenvalue weighted by atomic mass is 14.8. The van der Waals surface area contributed by atoms with Crippen molar-refractivity contribution in [2.75, 3.05) is 0 Å². The van der Waals surface area contributed by atoms with E-state index >= 15 is 0 Å². The molecule has 6 nitrogen and oxygen atoms in total. The summed E-state index contributed by atoms with van der Waals surface area (Å²) in [6, 6.07) is 7.80. The van der Waals surface area contributed by atoms with Gasteiger partial charge in [-0.1, -0.05) is 12.1 Å². The van der Waals surface area contributed by atoms with Gasteiger partial charge in [0, 0.05) is 12.4 Å². The van der Waals surface area contributed by atoms with Crippen molar-refractivity contribution in [1.82, 2.24) is 9.97 Å². The zero-order valence-electron chi connectivity index (χ0n) is 18.1. The van der Waals surface area contributed by atoms with Gasteiger partial charge in [0.1, 0.15) is 0 Å².